The highest BCUT2D eigenvalue weighted by Crippen LogP contribution is 2.39. The third kappa shape index (κ3) is 2.15. The van der Waals surface area contributed by atoms with E-state index in [9.17, 15) is 4.79 Å². The fraction of sp³-hybridized carbons (Fsp3) is 0.294. The number of carbonyl (C=O) groups is 1. The van der Waals surface area contributed by atoms with Crippen LogP contribution in [0, 0.1) is 6.57 Å². The highest BCUT2D eigenvalue weighted by Gasteiger charge is 2.22. The number of fused-ring (bicyclic) bond motifs is 1. The van der Waals surface area contributed by atoms with Gasteiger partial charge in [-0.05, 0) is 37.5 Å². The van der Waals surface area contributed by atoms with Crippen LogP contribution in [-0.2, 0) is 4.74 Å². The van der Waals surface area contributed by atoms with Crippen LogP contribution in [0.2, 0.25) is 0 Å². The Labute approximate surface area is 138 Å². The minimum atomic E-state index is -0.527. The van der Waals surface area contributed by atoms with E-state index in [0.717, 1.165) is 23.7 Å². The van der Waals surface area contributed by atoms with E-state index in [2.05, 4.69) is 24.3 Å². The summed E-state index contributed by atoms with van der Waals surface area (Å²) >= 11 is 0. The van der Waals surface area contributed by atoms with E-state index in [-0.39, 0.29) is 5.69 Å². The molecule has 0 atom stereocenters. The maximum atomic E-state index is 11.5. The van der Waals surface area contributed by atoms with Crippen molar-refractivity contribution in [2.24, 2.45) is 0 Å². The van der Waals surface area contributed by atoms with E-state index >= 15 is 0 Å². The van der Waals surface area contributed by atoms with Gasteiger partial charge in [0.2, 0.25) is 5.69 Å². The lowest BCUT2D eigenvalue weighted by molar-refractivity contribution is 0.0593. The number of esters is 1. The molecule has 0 unspecified atom stereocenters. The van der Waals surface area contributed by atoms with E-state index in [4.69, 9.17) is 6.57 Å². The lowest BCUT2D eigenvalue weighted by Gasteiger charge is -2.28. The largest absolute Gasteiger partial charge is 0.464 e. The average molecular weight is 321 g/mol. The van der Waals surface area contributed by atoms with Gasteiger partial charge in [0.15, 0.2) is 5.69 Å². The molecular formula is C17H15N5O2. The number of carbonyl (C=O) groups excluding carboxylic acids is 1. The van der Waals surface area contributed by atoms with Crippen LogP contribution in [0.15, 0.2) is 30.6 Å². The van der Waals surface area contributed by atoms with Gasteiger partial charge in [-0.25, -0.2) is 9.64 Å². The lowest BCUT2D eigenvalue weighted by atomic mass is 9.93. The van der Waals surface area contributed by atoms with E-state index in [1.54, 1.807) is 0 Å². The van der Waals surface area contributed by atoms with E-state index in [1.807, 2.05) is 24.4 Å². The number of nitrogens with zero attached hydrogens (tertiary/aromatic N) is 5. The first-order chi connectivity index (χ1) is 11.7. The van der Waals surface area contributed by atoms with Crippen molar-refractivity contribution >= 4 is 22.6 Å². The van der Waals surface area contributed by atoms with Gasteiger partial charge in [0.25, 0.3) is 0 Å². The molecule has 1 aliphatic rings. The van der Waals surface area contributed by atoms with Gasteiger partial charge in [-0.15, -0.1) is 5.10 Å². The molecule has 0 amide bonds. The van der Waals surface area contributed by atoms with E-state index in [0.29, 0.717) is 17.4 Å². The van der Waals surface area contributed by atoms with Gasteiger partial charge in [0, 0.05) is 23.1 Å². The van der Waals surface area contributed by atoms with Crippen molar-refractivity contribution in [1.29, 1.82) is 0 Å². The Morgan fingerprint density at radius 2 is 2.25 bits per heavy atom. The smallest absolute Gasteiger partial charge is 0.360 e. The van der Waals surface area contributed by atoms with Gasteiger partial charge in [-0.3, -0.25) is 0 Å². The Kier molecular flexibility index (Phi) is 3.31. The molecule has 0 radical (unpaired) electrons. The molecule has 1 aromatic carbocycles. The van der Waals surface area contributed by atoms with Gasteiger partial charge in [0.05, 0.1) is 25.6 Å². The maximum absolute atomic E-state index is 11.5. The van der Waals surface area contributed by atoms with Crippen LogP contribution < -0.4 is 0 Å². The molecule has 7 nitrogen and oxygen atoms in total. The van der Waals surface area contributed by atoms with Gasteiger partial charge in [0.1, 0.15) is 0 Å². The van der Waals surface area contributed by atoms with Crippen LogP contribution in [0.4, 0.5) is 5.69 Å². The fourth-order valence-electron chi connectivity index (χ4n) is 2.99. The zero-order valence-electron chi connectivity index (χ0n) is 13.1. The molecule has 2 heterocycles. The van der Waals surface area contributed by atoms with E-state index in [1.165, 1.54) is 24.5 Å². The number of ether oxygens (including phenoxy) is 1. The Hall–Kier alpha value is -3.14. The number of hydrogen-bond donors (Lipinski definition) is 0. The first-order valence-electron chi connectivity index (χ1n) is 7.74. The molecular weight excluding hydrogens is 306 g/mol. The topological polar surface area (TPSA) is 66.3 Å². The normalized spacial score (nSPS) is 14.3. The van der Waals surface area contributed by atoms with Crippen molar-refractivity contribution in [1.82, 2.24) is 19.6 Å². The molecule has 0 bridgehead atoms. The Bertz CT molecular complexity index is 975. The molecule has 120 valence electrons. The van der Waals surface area contributed by atoms with Crippen LogP contribution in [-0.4, -0.2) is 32.6 Å². The molecule has 0 spiro atoms. The summed E-state index contributed by atoms with van der Waals surface area (Å²) < 4.78 is 6.84. The lowest BCUT2D eigenvalue weighted by Crippen LogP contribution is -2.15. The first kappa shape index (κ1) is 14.5. The number of hydrogen-bond acceptors (Lipinski definition) is 4. The van der Waals surface area contributed by atoms with Crippen molar-refractivity contribution in [3.8, 4) is 5.69 Å². The van der Waals surface area contributed by atoms with Gasteiger partial charge < -0.3 is 9.30 Å². The zero-order valence-corrected chi connectivity index (χ0v) is 13.1. The highest BCUT2D eigenvalue weighted by atomic mass is 16.5. The monoisotopic (exact) mass is 321 g/mol. The summed E-state index contributed by atoms with van der Waals surface area (Å²) in [7, 11) is 1.30. The molecule has 0 aliphatic heterocycles. The summed E-state index contributed by atoms with van der Waals surface area (Å²) in [4.78, 5) is 16.5. The molecule has 1 fully saturated rings. The molecule has 3 aromatic rings. The molecule has 7 heteroatoms. The van der Waals surface area contributed by atoms with Crippen molar-refractivity contribution < 1.29 is 9.53 Å². The SMILES string of the molecule is [C-]#[N+]c1cn(C2CCC2)c2ccc(-n3ncc(C(=O)OC)n3)cc12. The summed E-state index contributed by atoms with van der Waals surface area (Å²) in [6, 6.07) is 6.26. The standard InChI is InChI=1S/C17H15N5O2/c1-18-15-10-21(11-4-3-5-11)16-7-6-12(8-13(15)16)22-19-9-14(20-22)17(23)24-2/h6-11H,3-5H2,2H3. The number of benzene rings is 1. The summed E-state index contributed by atoms with van der Waals surface area (Å²) in [6.07, 6.45) is 6.86. The Balaban J connectivity index is 1.79. The van der Waals surface area contributed by atoms with Crippen LogP contribution in [0.5, 0.6) is 0 Å². The first-order valence-corrected chi connectivity index (χ1v) is 7.74. The second-order valence-electron chi connectivity index (χ2n) is 5.83. The number of rotatable bonds is 3. The van der Waals surface area contributed by atoms with E-state index < -0.39 is 5.97 Å². The van der Waals surface area contributed by atoms with Crippen LogP contribution >= 0.6 is 0 Å². The molecule has 2 aromatic heterocycles. The predicted molar refractivity (Wildman–Crippen MR) is 87.3 cm³/mol. The molecule has 24 heavy (non-hydrogen) atoms. The highest BCUT2D eigenvalue weighted by molar-refractivity contribution is 5.95. The molecule has 0 N–H and O–H groups in total. The van der Waals surface area contributed by atoms with Crippen LogP contribution in [0.3, 0.4) is 0 Å². The second-order valence-corrected chi connectivity index (χ2v) is 5.83. The summed E-state index contributed by atoms with van der Waals surface area (Å²) in [5, 5.41) is 9.12. The summed E-state index contributed by atoms with van der Waals surface area (Å²) in [5.41, 5.74) is 2.53. The van der Waals surface area contributed by atoms with Crippen molar-refractivity contribution in [3.05, 3.63) is 47.7 Å². The van der Waals surface area contributed by atoms with Crippen LogP contribution in [0.1, 0.15) is 35.8 Å². The minimum absolute atomic E-state index is 0.148. The Morgan fingerprint density at radius 1 is 1.42 bits per heavy atom. The van der Waals surface area contributed by atoms with Crippen molar-refractivity contribution in [2.75, 3.05) is 7.11 Å². The number of methoxy groups -OCH3 is 1. The summed E-state index contributed by atoms with van der Waals surface area (Å²) in [6.45, 7) is 7.43. The fourth-order valence-corrected chi connectivity index (χ4v) is 2.99. The minimum Gasteiger partial charge on any atom is -0.464 e. The predicted octanol–water partition coefficient (Wildman–Crippen LogP) is 3.28. The Morgan fingerprint density at radius 3 is 2.92 bits per heavy atom. The molecule has 1 aliphatic carbocycles. The quantitative estimate of drug-likeness (QED) is 0.548. The molecule has 1 saturated carbocycles. The third-order valence-electron chi connectivity index (χ3n) is 4.50. The zero-order chi connectivity index (χ0) is 16.7. The van der Waals surface area contributed by atoms with Gasteiger partial charge in [-0.2, -0.15) is 9.90 Å². The van der Waals surface area contributed by atoms with Crippen LogP contribution in [0.25, 0.3) is 21.4 Å². The molecule has 4 rings (SSSR count). The maximum Gasteiger partial charge on any atom is 0.360 e. The number of aromatic nitrogens is 4. The third-order valence-corrected chi connectivity index (χ3v) is 4.50. The van der Waals surface area contributed by atoms with Crippen molar-refractivity contribution in [2.45, 2.75) is 25.3 Å². The van der Waals surface area contributed by atoms with Gasteiger partial charge >= 0.3 is 5.97 Å². The molecule has 0 saturated heterocycles. The van der Waals surface area contributed by atoms with Gasteiger partial charge in [-0.1, -0.05) is 0 Å². The summed E-state index contributed by atoms with van der Waals surface area (Å²) in [5.74, 6) is -0.527. The van der Waals surface area contributed by atoms with Crippen molar-refractivity contribution in [3.63, 3.8) is 0 Å². The second kappa shape index (κ2) is 5.49. The average Bonchev–Trinajstić information content (AvgIpc) is 3.17.